The van der Waals surface area contributed by atoms with Gasteiger partial charge in [0.25, 0.3) is 0 Å². The van der Waals surface area contributed by atoms with Crippen LogP contribution in [0.25, 0.3) is 10.9 Å². The topological polar surface area (TPSA) is 53.5 Å². The lowest BCUT2D eigenvalue weighted by Gasteiger charge is -2.38. The van der Waals surface area contributed by atoms with Crippen molar-refractivity contribution >= 4 is 32.1 Å². The maximum absolute atomic E-state index is 14.3. The van der Waals surface area contributed by atoms with Crippen molar-refractivity contribution in [1.29, 1.82) is 0 Å². The smallest absolute Gasteiger partial charge is 0.210 e. The van der Waals surface area contributed by atoms with Crippen molar-refractivity contribution < 1.29 is 12.8 Å². The summed E-state index contributed by atoms with van der Waals surface area (Å²) < 4.78 is 41.4. The number of sulfone groups is 1. The van der Waals surface area contributed by atoms with Crippen molar-refractivity contribution in [3.63, 3.8) is 0 Å². The molecule has 0 atom stereocenters. The molecule has 0 radical (unpaired) electrons. The molecule has 0 saturated carbocycles. The zero-order valence-electron chi connectivity index (χ0n) is 17.4. The molecule has 3 aromatic carbocycles. The SMILES string of the molecule is O=S(=O)(c1ccccc1)c1cnc2ccccc2c1N1CCN(c2ccccc2F)CC1. The highest BCUT2D eigenvalue weighted by Crippen LogP contribution is 2.36. The Morgan fingerprint density at radius 3 is 2.12 bits per heavy atom. The van der Waals surface area contributed by atoms with Crippen molar-refractivity contribution in [3.05, 3.63) is 90.9 Å². The van der Waals surface area contributed by atoms with Gasteiger partial charge in [0.2, 0.25) is 9.84 Å². The Labute approximate surface area is 186 Å². The average molecular weight is 448 g/mol. The van der Waals surface area contributed by atoms with Gasteiger partial charge in [0.15, 0.2) is 0 Å². The van der Waals surface area contributed by atoms with E-state index in [9.17, 15) is 12.8 Å². The van der Waals surface area contributed by atoms with Crippen LogP contribution in [0.2, 0.25) is 0 Å². The quantitative estimate of drug-likeness (QED) is 0.460. The van der Waals surface area contributed by atoms with Crippen molar-refractivity contribution in [2.24, 2.45) is 0 Å². The number of piperazine rings is 1. The summed E-state index contributed by atoms with van der Waals surface area (Å²) in [5, 5.41) is 0.795. The zero-order chi connectivity index (χ0) is 22.1. The van der Waals surface area contributed by atoms with E-state index in [4.69, 9.17) is 0 Å². The molecule has 1 aliphatic heterocycles. The molecule has 0 aliphatic carbocycles. The second kappa shape index (κ2) is 8.24. The van der Waals surface area contributed by atoms with Gasteiger partial charge < -0.3 is 9.80 Å². The lowest BCUT2D eigenvalue weighted by Crippen LogP contribution is -2.47. The number of fused-ring (bicyclic) bond motifs is 1. The van der Waals surface area contributed by atoms with Gasteiger partial charge in [-0.25, -0.2) is 12.8 Å². The molecular formula is C25H22FN3O2S. The molecule has 7 heteroatoms. The fourth-order valence-electron chi connectivity index (χ4n) is 4.24. The summed E-state index contributed by atoms with van der Waals surface area (Å²) in [4.78, 5) is 8.95. The Morgan fingerprint density at radius 2 is 1.38 bits per heavy atom. The second-order valence-corrected chi connectivity index (χ2v) is 9.65. The van der Waals surface area contributed by atoms with Crippen LogP contribution in [-0.2, 0) is 9.84 Å². The molecule has 4 aromatic rings. The van der Waals surface area contributed by atoms with E-state index >= 15 is 0 Å². The minimum atomic E-state index is -3.76. The van der Waals surface area contributed by atoms with Crippen LogP contribution in [0, 0.1) is 5.82 Å². The molecule has 162 valence electrons. The van der Waals surface area contributed by atoms with Gasteiger partial charge in [0.05, 0.1) is 21.8 Å². The number of rotatable bonds is 4. The van der Waals surface area contributed by atoms with Gasteiger partial charge in [-0.3, -0.25) is 4.98 Å². The summed E-state index contributed by atoms with van der Waals surface area (Å²) in [6.45, 7) is 2.31. The third kappa shape index (κ3) is 3.58. The van der Waals surface area contributed by atoms with E-state index in [0.29, 0.717) is 37.6 Å². The van der Waals surface area contributed by atoms with E-state index in [2.05, 4.69) is 9.88 Å². The van der Waals surface area contributed by atoms with Crippen molar-refractivity contribution in [2.75, 3.05) is 36.0 Å². The number of aromatic nitrogens is 1. The van der Waals surface area contributed by atoms with E-state index in [-0.39, 0.29) is 15.6 Å². The normalized spacial score (nSPS) is 14.7. The second-order valence-electron chi connectivity index (χ2n) is 7.73. The Hall–Kier alpha value is -3.45. The third-order valence-electron chi connectivity index (χ3n) is 5.85. The van der Waals surface area contributed by atoms with E-state index < -0.39 is 9.84 Å². The van der Waals surface area contributed by atoms with Crippen molar-refractivity contribution in [2.45, 2.75) is 9.79 Å². The molecule has 2 heterocycles. The van der Waals surface area contributed by atoms with Gasteiger partial charge in [-0.05, 0) is 30.3 Å². The number of hydrogen-bond acceptors (Lipinski definition) is 5. The molecule has 1 saturated heterocycles. The first-order chi connectivity index (χ1) is 15.6. The van der Waals surface area contributed by atoms with Crippen LogP contribution in [0.15, 0.2) is 94.9 Å². The molecule has 1 fully saturated rings. The maximum atomic E-state index is 14.3. The molecular weight excluding hydrogens is 425 g/mol. The number of halogens is 1. The molecule has 0 spiro atoms. The fraction of sp³-hybridized carbons (Fsp3) is 0.160. The Balaban J connectivity index is 1.57. The first kappa shape index (κ1) is 20.5. The van der Waals surface area contributed by atoms with Crippen LogP contribution in [0.5, 0.6) is 0 Å². The first-order valence-corrected chi connectivity index (χ1v) is 12.0. The summed E-state index contributed by atoms with van der Waals surface area (Å²) in [7, 11) is -3.76. The van der Waals surface area contributed by atoms with Crippen LogP contribution in [0.3, 0.4) is 0 Å². The fourth-order valence-corrected chi connectivity index (χ4v) is 5.69. The third-order valence-corrected chi connectivity index (χ3v) is 7.62. The zero-order valence-corrected chi connectivity index (χ0v) is 18.2. The number of pyridine rings is 1. The molecule has 1 aliphatic rings. The largest absolute Gasteiger partial charge is 0.366 e. The van der Waals surface area contributed by atoms with Gasteiger partial charge in [0.1, 0.15) is 10.7 Å². The van der Waals surface area contributed by atoms with Gasteiger partial charge in [-0.15, -0.1) is 0 Å². The predicted molar refractivity (Wildman–Crippen MR) is 124 cm³/mol. The van der Waals surface area contributed by atoms with E-state index in [0.717, 1.165) is 10.9 Å². The maximum Gasteiger partial charge on any atom is 0.210 e. The highest BCUT2D eigenvalue weighted by atomic mass is 32.2. The van der Waals surface area contributed by atoms with E-state index in [1.165, 1.54) is 12.3 Å². The number of hydrogen-bond donors (Lipinski definition) is 0. The number of benzene rings is 3. The molecule has 5 rings (SSSR count). The molecule has 5 nitrogen and oxygen atoms in total. The van der Waals surface area contributed by atoms with Crippen LogP contribution in [0.4, 0.5) is 15.8 Å². The number of nitrogens with zero attached hydrogens (tertiary/aromatic N) is 3. The molecule has 32 heavy (non-hydrogen) atoms. The van der Waals surface area contributed by atoms with Crippen LogP contribution in [-0.4, -0.2) is 39.6 Å². The Bertz CT molecular complexity index is 1370. The molecule has 1 aromatic heterocycles. The summed E-state index contributed by atoms with van der Waals surface area (Å²) >= 11 is 0. The van der Waals surface area contributed by atoms with Crippen LogP contribution < -0.4 is 9.80 Å². The molecule has 0 N–H and O–H groups in total. The highest BCUT2D eigenvalue weighted by Gasteiger charge is 2.29. The monoisotopic (exact) mass is 447 g/mol. The van der Waals surface area contributed by atoms with Gasteiger partial charge in [-0.2, -0.15) is 0 Å². The van der Waals surface area contributed by atoms with Crippen molar-refractivity contribution in [1.82, 2.24) is 4.98 Å². The standard InChI is InChI=1S/C25H22FN3O2S/c26-21-11-5-7-13-23(21)28-14-16-29(17-15-28)25-20-10-4-6-12-22(20)27-18-24(25)32(30,31)19-8-2-1-3-9-19/h1-13,18H,14-17H2. The first-order valence-electron chi connectivity index (χ1n) is 10.5. The van der Waals surface area contributed by atoms with Crippen molar-refractivity contribution in [3.8, 4) is 0 Å². The average Bonchev–Trinajstić information content (AvgIpc) is 2.84. The highest BCUT2D eigenvalue weighted by molar-refractivity contribution is 7.91. The number of para-hydroxylation sites is 2. The van der Waals surface area contributed by atoms with Gasteiger partial charge >= 0.3 is 0 Å². The molecule has 0 unspecified atom stereocenters. The van der Waals surface area contributed by atoms with Gasteiger partial charge in [-0.1, -0.05) is 48.5 Å². The summed E-state index contributed by atoms with van der Waals surface area (Å²) in [6.07, 6.45) is 1.46. The Morgan fingerprint density at radius 1 is 0.750 bits per heavy atom. The van der Waals surface area contributed by atoms with Crippen LogP contribution in [0.1, 0.15) is 0 Å². The summed E-state index contributed by atoms with van der Waals surface area (Å²) in [5.41, 5.74) is 1.97. The van der Waals surface area contributed by atoms with Gasteiger partial charge in [0, 0.05) is 37.8 Å². The van der Waals surface area contributed by atoms with E-state index in [1.54, 1.807) is 42.5 Å². The van der Waals surface area contributed by atoms with Crippen LogP contribution >= 0.6 is 0 Å². The molecule has 0 bridgehead atoms. The number of anilines is 2. The predicted octanol–water partition coefficient (Wildman–Crippen LogP) is 4.53. The minimum absolute atomic E-state index is 0.196. The lowest BCUT2D eigenvalue weighted by molar-refractivity contribution is 0.590. The molecule has 0 amide bonds. The summed E-state index contributed by atoms with van der Waals surface area (Å²) in [6, 6.07) is 22.7. The minimum Gasteiger partial charge on any atom is -0.366 e. The lowest BCUT2D eigenvalue weighted by atomic mass is 10.1. The Kier molecular flexibility index (Phi) is 5.27. The summed E-state index contributed by atoms with van der Waals surface area (Å²) in [5.74, 6) is -0.248. The van der Waals surface area contributed by atoms with E-state index in [1.807, 2.05) is 35.2 Å².